The van der Waals surface area contributed by atoms with Gasteiger partial charge in [0.15, 0.2) is 5.84 Å². The van der Waals surface area contributed by atoms with E-state index in [2.05, 4.69) is 26.4 Å². The number of carbonyl (C=O) groups is 1. The summed E-state index contributed by atoms with van der Waals surface area (Å²) in [7, 11) is 0. The Bertz CT molecular complexity index is 494. The number of benzene rings is 1. The van der Waals surface area contributed by atoms with Crippen molar-refractivity contribution in [2.45, 2.75) is 19.8 Å². The minimum absolute atomic E-state index is 0.106. The van der Waals surface area contributed by atoms with Crippen LogP contribution in [0.1, 0.15) is 19.8 Å². The molecule has 1 unspecified atom stereocenters. The van der Waals surface area contributed by atoms with Gasteiger partial charge in [-0.25, -0.2) is 0 Å². The molecule has 0 aromatic heterocycles. The van der Waals surface area contributed by atoms with Gasteiger partial charge in [0.2, 0.25) is 5.91 Å². The Kier molecular flexibility index (Phi) is 6.11. The zero-order valence-electron chi connectivity index (χ0n) is 10.4. The molecule has 4 N–H and O–H groups in total. The largest absolute Gasteiger partial charge is 0.409 e. The number of oxime groups is 1. The number of anilines is 1. The Morgan fingerprint density at radius 1 is 1.63 bits per heavy atom. The fourth-order valence-electron chi connectivity index (χ4n) is 1.58. The fourth-order valence-corrected chi connectivity index (χ4v) is 2.11. The molecule has 1 aromatic rings. The van der Waals surface area contributed by atoms with Gasteiger partial charge >= 0.3 is 0 Å². The number of nitrogens with zero attached hydrogens (tertiary/aromatic N) is 1. The first kappa shape index (κ1) is 15.8. The molecule has 0 spiro atoms. The number of rotatable bonds is 5. The van der Waals surface area contributed by atoms with E-state index < -0.39 is 5.92 Å². The van der Waals surface area contributed by atoms with E-state index in [0.717, 1.165) is 10.9 Å². The number of hydrogen-bond donors (Lipinski definition) is 3. The average molecular weight is 349 g/mol. The Labute approximate surface area is 124 Å². The lowest BCUT2D eigenvalue weighted by Gasteiger charge is -2.15. The van der Waals surface area contributed by atoms with Crippen LogP contribution in [0.5, 0.6) is 0 Å². The van der Waals surface area contributed by atoms with E-state index in [1.165, 1.54) is 0 Å². The number of hydrogen-bond acceptors (Lipinski definition) is 3. The molecule has 0 heterocycles. The van der Waals surface area contributed by atoms with Crippen LogP contribution in [0, 0.1) is 5.92 Å². The van der Waals surface area contributed by atoms with Crippen molar-refractivity contribution in [1.82, 2.24) is 0 Å². The number of nitrogens with one attached hydrogen (secondary N) is 1. The van der Waals surface area contributed by atoms with Crippen LogP contribution in [0.15, 0.2) is 27.8 Å². The first-order valence-electron chi connectivity index (χ1n) is 5.73. The Morgan fingerprint density at radius 3 is 2.89 bits per heavy atom. The van der Waals surface area contributed by atoms with Crippen LogP contribution in [0.4, 0.5) is 5.69 Å². The molecule has 0 aliphatic rings. The summed E-state index contributed by atoms with van der Waals surface area (Å²) >= 11 is 9.29. The van der Waals surface area contributed by atoms with Crippen molar-refractivity contribution in [3.63, 3.8) is 0 Å². The lowest BCUT2D eigenvalue weighted by Crippen LogP contribution is -2.34. The topological polar surface area (TPSA) is 87.7 Å². The molecule has 7 heteroatoms. The Hall–Kier alpha value is -1.27. The summed E-state index contributed by atoms with van der Waals surface area (Å²) < 4.78 is 0.794. The number of amides is 1. The first-order chi connectivity index (χ1) is 8.99. The third-order valence-electron chi connectivity index (χ3n) is 2.55. The van der Waals surface area contributed by atoms with Crippen LogP contribution in [-0.4, -0.2) is 17.0 Å². The van der Waals surface area contributed by atoms with Crippen molar-refractivity contribution >= 4 is 45.0 Å². The van der Waals surface area contributed by atoms with Crippen molar-refractivity contribution in [3.8, 4) is 0 Å². The number of nitrogens with two attached hydrogens (primary N) is 1. The lowest BCUT2D eigenvalue weighted by molar-refractivity contribution is -0.118. The quantitative estimate of drug-likeness (QED) is 0.330. The second-order valence-corrected chi connectivity index (χ2v) is 5.30. The molecule has 0 aliphatic carbocycles. The van der Waals surface area contributed by atoms with Gasteiger partial charge < -0.3 is 16.3 Å². The Balaban J connectivity index is 2.90. The molecule has 5 nitrogen and oxygen atoms in total. The van der Waals surface area contributed by atoms with Gasteiger partial charge in [0.25, 0.3) is 0 Å². The zero-order chi connectivity index (χ0) is 14.4. The molecule has 0 aliphatic heterocycles. The second-order valence-electron chi connectivity index (χ2n) is 3.98. The molecule has 1 amide bonds. The van der Waals surface area contributed by atoms with Crippen molar-refractivity contribution in [3.05, 3.63) is 27.7 Å². The van der Waals surface area contributed by atoms with E-state index >= 15 is 0 Å². The van der Waals surface area contributed by atoms with Gasteiger partial charge in [-0.2, -0.15) is 0 Å². The highest BCUT2D eigenvalue weighted by Crippen LogP contribution is 2.26. The number of halogens is 2. The van der Waals surface area contributed by atoms with Gasteiger partial charge in [0, 0.05) is 4.47 Å². The van der Waals surface area contributed by atoms with Crippen molar-refractivity contribution in [2.24, 2.45) is 16.8 Å². The summed E-state index contributed by atoms with van der Waals surface area (Å²) in [6, 6.07) is 5.13. The summed E-state index contributed by atoms with van der Waals surface area (Å²) in [5.74, 6) is -1.13. The first-order valence-corrected chi connectivity index (χ1v) is 6.90. The van der Waals surface area contributed by atoms with Gasteiger partial charge in [0.1, 0.15) is 0 Å². The highest BCUT2D eigenvalue weighted by molar-refractivity contribution is 9.10. The molecule has 0 radical (unpaired) electrons. The molecule has 0 bridgehead atoms. The van der Waals surface area contributed by atoms with Gasteiger partial charge in [-0.15, -0.1) is 0 Å². The molecule has 104 valence electrons. The maximum atomic E-state index is 12.1. The second kappa shape index (κ2) is 7.35. The summed E-state index contributed by atoms with van der Waals surface area (Å²) in [6.07, 6.45) is 1.23. The number of amidine groups is 1. The zero-order valence-corrected chi connectivity index (χ0v) is 12.7. The van der Waals surface area contributed by atoms with Crippen molar-refractivity contribution in [2.75, 3.05) is 5.32 Å². The van der Waals surface area contributed by atoms with Gasteiger partial charge in [0.05, 0.1) is 16.6 Å². The highest BCUT2D eigenvalue weighted by Gasteiger charge is 2.23. The van der Waals surface area contributed by atoms with Crippen LogP contribution in [-0.2, 0) is 4.79 Å². The molecule has 0 fully saturated rings. The lowest BCUT2D eigenvalue weighted by atomic mass is 10.0. The smallest absolute Gasteiger partial charge is 0.235 e. The summed E-state index contributed by atoms with van der Waals surface area (Å²) in [5.41, 5.74) is 6.00. The molecule has 0 saturated carbocycles. The predicted molar refractivity (Wildman–Crippen MR) is 79.6 cm³/mol. The average Bonchev–Trinajstić information content (AvgIpc) is 2.39. The van der Waals surface area contributed by atoms with Gasteiger partial charge in [-0.05, 0) is 24.6 Å². The standard InChI is InChI=1S/C12H15BrClN3O2/c1-2-3-8(11(15)17-19)12(18)16-10-6-7(13)4-5-9(10)14/h4-6,8,19H,2-3H2,1H3,(H2,15,17)(H,16,18). The molecule has 1 atom stereocenters. The van der Waals surface area contributed by atoms with Gasteiger partial charge in [-0.1, -0.05) is 46.0 Å². The summed E-state index contributed by atoms with van der Waals surface area (Å²) in [6.45, 7) is 1.91. The molecule has 1 aromatic carbocycles. The fraction of sp³-hybridized carbons (Fsp3) is 0.333. The van der Waals surface area contributed by atoms with Crippen LogP contribution in [0.2, 0.25) is 5.02 Å². The third-order valence-corrected chi connectivity index (χ3v) is 3.38. The van der Waals surface area contributed by atoms with E-state index in [-0.39, 0.29) is 11.7 Å². The van der Waals surface area contributed by atoms with E-state index in [0.29, 0.717) is 17.1 Å². The maximum absolute atomic E-state index is 12.1. The Morgan fingerprint density at radius 2 is 2.32 bits per heavy atom. The molecule has 1 rings (SSSR count). The van der Waals surface area contributed by atoms with Crippen molar-refractivity contribution in [1.29, 1.82) is 0 Å². The third kappa shape index (κ3) is 4.40. The normalized spacial score (nSPS) is 13.1. The maximum Gasteiger partial charge on any atom is 0.235 e. The monoisotopic (exact) mass is 347 g/mol. The SMILES string of the molecule is CCCC(C(=O)Nc1cc(Br)ccc1Cl)C(N)=NO. The minimum atomic E-state index is -0.676. The highest BCUT2D eigenvalue weighted by atomic mass is 79.9. The van der Waals surface area contributed by atoms with E-state index in [4.69, 9.17) is 22.5 Å². The molecule has 0 saturated heterocycles. The predicted octanol–water partition coefficient (Wildman–Crippen LogP) is 3.20. The number of carbonyl (C=O) groups excluding carboxylic acids is 1. The van der Waals surface area contributed by atoms with Crippen molar-refractivity contribution < 1.29 is 10.0 Å². The van der Waals surface area contributed by atoms with Crippen LogP contribution < -0.4 is 11.1 Å². The minimum Gasteiger partial charge on any atom is -0.409 e. The van der Waals surface area contributed by atoms with E-state index in [9.17, 15) is 4.79 Å². The molecular formula is C12H15BrClN3O2. The van der Waals surface area contributed by atoms with Crippen LogP contribution in [0.25, 0.3) is 0 Å². The van der Waals surface area contributed by atoms with E-state index in [1.807, 2.05) is 6.92 Å². The van der Waals surface area contributed by atoms with Crippen LogP contribution >= 0.6 is 27.5 Å². The molecule has 19 heavy (non-hydrogen) atoms. The van der Waals surface area contributed by atoms with E-state index in [1.54, 1.807) is 18.2 Å². The van der Waals surface area contributed by atoms with Crippen LogP contribution in [0.3, 0.4) is 0 Å². The summed E-state index contributed by atoms with van der Waals surface area (Å²) in [4.78, 5) is 12.1. The van der Waals surface area contributed by atoms with Gasteiger partial charge in [-0.3, -0.25) is 4.79 Å². The summed E-state index contributed by atoms with van der Waals surface area (Å²) in [5, 5.41) is 14.7. The molecular weight excluding hydrogens is 334 g/mol.